The quantitative estimate of drug-likeness (QED) is 0.884. The van der Waals surface area contributed by atoms with Gasteiger partial charge < -0.3 is 10.0 Å². The van der Waals surface area contributed by atoms with E-state index in [4.69, 9.17) is 0 Å². The first-order valence-electron chi connectivity index (χ1n) is 7.25. The number of hydrogen-bond donors (Lipinski definition) is 1. The van der Waals surface area contributed by atoms with E-state index in [1.54, 1.807) is 4.90 Å². The van der Waals surface area contributed by atoms with Crippen molar-refractivity contribution in [2.75, 3.05) is 26.7 Å². The van der Waals surface area contributed by atoms with Gasteiger partial charge >= 0.3 is 0 Å². The summed E-state index contributed by atoms with van der Waals surface area (Å²) in [5.41, 5.74) is 2.39. The summed E-state index contributed by atoms with van der Waals surface area (Å²) in [6, 6.07) is 8.30. The molecule has 1 aliphatic rings. The van der Waals surface area contributed by atoms with Crippen molar-refractivity contribution in [3.05, 3.63) is 35.4 Å². The third kappa shape index (κ3) is 3.58. The minimum absolute atomic E-state index is 0.119. The van der Waals surface area contributed by atoms with Gasteiger partial charge in [-0.15, -0.1) is 0 Å². The van der Waals surface area contributed by atoms with Gasteiger partial charge in [0.15, 0.2) is 0 Å². The molecule has 4 nitrogen and oxygen atoms in total. The highest BCUT2D eigenvalue weighted by atomic mass is 16.3. The molecule has 1 fully saturated rings. The number of carbonyl (C=O) groups is 1. The van der Waals surface area contributed by atoms with Crippen LogP contribution in [0, 0.1) is 6.92 Å². The zero-order valence-electron chi connectivity index (χ0n) is 12.4. The molecule has 0 radical (unpaired) electrons. The summed E-state index contributed by atoms with van der Waals surface area (Å²) in [5.74, 6) is 0.119. The van der Waals surface area contributed by atoms with E-state index in [-0.39, 0.29) is 18.6 Å². The Hall–Kier alpha value is -1.39. The van der Waals surface area contributed by atoms with Crippen LogP contribution >= 0.6 is 0 Å². The molecule has 110 valence electrons. The summed E-state index contributed by atoms with van der Waals surface area (Å²) in [4.78, 5) is 16.1. The van der Waals surface area contributed by atoms with E-state index in [1.807, 2.05) is 19.2 Å². The molecule has 1 unspecified atom stereocenters. The number of likely N-dealkylation sites (N-methyl/N-ethyl adjacent to an activating group) is 1. The summed E-state index contributed by atoms with van der Waals surface area (Å²) in [7, 11) is 1.85. The van der Waals surface area contributed by atoms with Crippen molar-refractivity contribution in [1.82, 2.24) is 9.80 Å². The molecule has 1 aromatic carbocycles. The minimum atomic E-state index is 0.119. The summed E-state index contributed by atoms with van der Waals surface area (Å²) in [5, 5.41) is 9.29. The van der Waals surface area contributed by atoms with E-state index in [0.717, 1.165) is 19.4 Å². The molecule has 0 spiro atoms. The maximum atomic E-state index is 12.3. The highest BCUT2D eigenvalue weighted by Crippen LogP contribution is 2.17. The fourth-order valence-electron chi connectivity index (χ4n) is 2.74. The Balaban J connectivity index is 1.91. The van der Waals surface area contributed by atoms with Gasteiger partial charge in [-0.2, -0.15) is 0 Å². The second-order valence-electron chi connectivity index (χ2n) is 5.63. The number of hydrogen-bond acceptors (Lipinski definition) is 3. The highest BCUT2D eigenvalue weighted by molar-refractivity contribution is 5.78. The molecular formula is C16H24N2O2. The lowest BCUT2D eigenvalue weighted by Crippen LogP contribution is -2.41. The predicted molar refractivity (Wildman–Crippen MR) is 79.3 cm³/mol. The van der Waals surface area contributed by atoms with E-state index < -0.39 is 0 Å². The van der Waals surface area contributed by atoms with E-state index in [2.05, 4.69) is 24.0 Å². The van der Waals surface area contributed by atoms with Gasteiger partial charge in [-0.3, -0.25) is 9.69 Å². The van der Waals surface area contributed by atoms with Gasteiger partial charge in [0, 0.05) is 19.6 Å². The van der Waals surface area contributed by atoms with Crippen LogP contribution in [-0.4, -0.2) is 53.6 Å². The molecule has 0 bridgehead atoms. The first kappa shape index (κ1) is 15.0. The van der Waals surface area contributed by atoms with Gasteiger partial charge in [0.2, 0.25) is 5.91 Å². The highest BCUT2D eigenvalue weighted by Gasteiger charge is 2.26. The molecule has 1 aromatic rings. The van der Waals surface area contributed by atoms with Crippen LogP contribution in [-0.2, 0) is 11.3 Å². The number of aliphatic hydroxyl groups is 1. The number of nitrogens with zero attached hydrogens (tertiary/aromatic N) is 2. The molecule has 0 saturated carbocycles. The maximum absolute atomic E-state index is 12.3. The summed E-state index contributed by atoms with van der Waals surface area (Å²) >= 11 is 0. The Morgan fingerprint density at radius 3 is 2.90 bits per heavy atom. The average Bonchev–Trinajstić information content (AvgIpc) is 2.88. The predicted octanol–water partition coefficient (Wildman–Crippen LogP) is 1.41. The number of benzene rings is 1. The number of carbonyl (C=O) groups excluding carboxylic acids is 1. The minimum Gasteiger partial charge on any atom is -0.395 e. The van der Waals surface area contributed by atoms with Gasteiger partial charge in [0.1, 0.15) is 0 Å². The molecule has 4 heteroatoms. The lowest BCUT2D eigenvalue weighted by Gasteiger charge is -2.25. The average molecular weight is 276 g/mol. The van der Waals surface area contributed by atoms with Crippen LogP contribution in [0.15, 0.2) is 24.3 Å². The Morgan fingerprint density at radius 2 is 2.20 bits per heavy atom. The summed E-state index contributed by atoms with van der Waals surface area (Å²) < 4.78 is 0. The van der Waals surface area contributed by atoms with Crippen LogP contribution in [0.5, 0.6) is 0 Å². The molecule has 0 aromatic heterocycles. The van der Waals surface area contributed by atoms with E-state index >= 15 is 0 Å². The van der Waals surface area contributed by atoms with Crippen molar-refractivity contribution >= 4 is 5.91 Å². The lowest BCUT2D eigenvalue weighted by atomic mass is 10.1. The Morgan fingerprint density at radius 1 is 1.45 bits per heavy atom. The smallest absolute Gasteiger partial charge is 0.236 e. The number of amides is 1. The van der Waals surface area contributed by atoms with Crippen LogP contribution in [0.3, 0.4) is 0 Å². The second kappa shape index (κ2) is 6.86. The van der Waals surface area contributed by atoms with E-state index in [9.17, 15) is 9.90 Å². The summed E-state index contributed by atoms with van der Waals surface area (Å²) in [6.07, 6.45) is 2.06. The van der Waals surface area contributed by atoms with Crippen LogP contribution in [0.1, 0.15) is 24.0 Å². The molecular weight excluding hydrogens is 252 g/mol. The Kier molecular flexibility index (Phi) is 5.15. The number of likely N-dealkylation sites (tertiary alicyclic amines) is 1. The van der Waals surface area contributed by atoms with Crippen molar-refractivity contribution in [1.29, 1.82) is 0 Å². The van der Waals surface area contributed by atoms with Gasteiger partial charge in [-0.25, -0.2) is 0 Å². The van der Waals surface area contributed by atoms with Crippen molar-refractivity contribution in [2.45, 2.75) is 32.4 Å². The standard InChI is InChI=1S/C16H24N2O2/c1-13-6-3-4-7-14(13)10-17(2)16(20)11-18-9-5-8-15(18)12-19/h3-4,6-7,15,19H,5,8-12H2,1-2H3. The van der Waals surface area contributed by atoms with Gasteiger partial charge in [-0.1, -0.05) is 24.3 Å². The van der Waals surface area contributed by atoms with Crippen molar-refractivity contribution in [2.24, 2.45) is 0 Å². The Bertz CT molecular complexity index is 462. The molecule has 20 heavy (non-hydrogen) atoms. The molecule has 0 aliphatic carbocycles. The maximum Gasteiger partial charge on any atom is 0.236 e. The SMILES string of the molecule is Cc1ccccc1CN(C)C(=O)CN1CCCC1CO. The van der Waals surface area contributed by atoms with E-state index in [0.29, 0.717) is 13.1 Å². The normalized spacial score (nSPS) is 19.2. The first-order chi connectivity index (χ1) is 9.61. The van der Waals surface area contributed by atoms with E-state index in [1.165, 1.54) is 11.1 Å². The molecule has 1 saturated heterocycles. The van der Waals surface area contributed by atoms with Crippen molar-refractivity contribution in [3.8, 4) is 0 Å². The number of aliphatic hydroxyl groups excluding tert-OH is 1. The van der Waals surface area contributed by atoms with Crippen LogP contribution < -0.4 is 0 Å². The topological polar surface area (TPSA) is 43.8 Å². The third-order valence-corrected chi connectivity index (χ3v) is 4.14. The van der Waals surface area contributed by atoms with Gasteiger partial charge in [0.25, 0.3) is 0 Å². The molecule has 1 N–H and O–H groups in total. The third-order valence-electron chi connectivity index (χ3n) is 4.14. The Labute approximate surface area is 121 Å². The van der Waals surface area contributed by atoms with Crippen LogP contribution in [0.4, 0.5) is 0 Å². The largest absolute Gasteiger partial charge is 0.395 e. The molecule has 1 aliphatic heterocycles. The second-order valence-corrected chi connectivity index (χ2v) is 5.63. The van der Waals surface area contributed by atoms with Gasteiger partial charge in [-0.05, 0) is 37.4 Å². The lowest BCUT2D eigenvalue weighted by molar-refractivity contribution is -0.132. The first-order valence-corrected chi connectivity index (χ1v) is 7.25. The fourth-order valence-corrected chi connectivity index (χ4v) is 2.74. The zero-order valence-corrected chi connectivity index (χ0v) is 12.4. The number of rotatable bonds is 5. The fraction of sp³-hybridized carbons (Fsp3) is 0.562. The molecule has 1 amide bonds. The zero-order chi connectivity index (χ0) is 14.5. The van der Waals surface area contributed by atoms with Crippen LogP contribution in [0.2, 0.25) is 0 Å². The molecule has 1 heterocycles. The van der Waals surface area contributed by atoms with Crippen LogP contribution in [0.25, 0.3) is 0 Å². The number of aryl methyl sites for hydroxylation is 1. The van der Waals surface area contributed by atoms with Crippen molar-refractivity contribution < 1.29 is 9.90 Å². The molecule has 1 atom stereocenters. The molecule has 2 rings (SSSR count). The monoisotopic (exact) mass is 276 g/mol. The van der Waals surface area contributed by atoms with Crippen molar-refractivity contribution in [3.63, 3.8) is 0 Å². The summed E-state index contributed by atoms with van der Waals surface area (Å²) in [6.45, 7) is 4.18. The van der Waals surface area contributed by atoms with Gasteiger partial charge in [0.05, 0.1) is 13.2 Å².